The van der Waals surface area contributed by atoms with Gasteiger partial charge in [-0.1, -0.05) is 6.92 Å². The monoisotopic (exact) mass is 182 g/mol. The van der Waals surface area contributed by atoms with Crippen molar-refractivity contribution < 1.29 is 4.42 Å². The van der Waals surface area contributed by atoms with Crippen molar-refractivity contribution in [1.82, 2.24) is 5.32 Å². The molecule has 0 fully saturated rings. The molecular formula is C10H18N2O. The minimum Gasteiger partial charge on any atom is -0.468 e. The fraction of sp³-hybridized carbons (Fsp3) is 0.600. The van der Waals surface area contributed by atoms with E-state index in [1.807, 2.05) is 12.1 Å². The van der Waals surface area contributed by atoms with Crippen molar-refractivity contribution in [3.05, 3.63) is 24.2 Å². The fourth-order valence-electron chi connectivity index (χ4n) is 1.09. The van der Waals surface area contributed by atoms with Crippen LogP contribution in [-0.4, -0.2) is 13.1 Å². The predicted octanol–water partition coefficient (Wildman–Crippen LogP) is 1.35. The standard InChI is InChI=1S/C10H18N2O/c1-9(7-11)4-5-12-8-10-3-2-6-13-10/h2-3,6,9,12H,4-5,7-8,11H2,1H3. The molecule has 1 aromatic heterocycles. The van der Waals surface area contributed by atoms with E-state index in [0.29, 0.717) is 5.92 Å². The number of rotatable bonds is 6. The highest BCUT2D eigenvalue weighted by molar-refractivity contribution is 4.97. The molecule has 3 N–H and O–H groups in total. The van der Waals surface area contributed by atoms with Crippen LogP contribution in [0, 0.1) is 5.92 Å². The maximum Gasteiger partial charge on any atom is 0.117 e. The summed E-state index contributed by atoms with van der Waals surface area (Å²) >= 11 is 0. The van der Waals surface area contributed by atoms with Gasteiger partial charge < -0.3 is 15.5 Å². The summed E-state index contributed by atoms with van der Waals surface area (Å²) in [5.41, 5.74) is 5.50. The summed E-state index contributed by atoms with van der Waals surface area (Å²) < 4.78 is 5.18. The Hall–Kier alpha value is -0.800. The SMILES string of the molecule is CC(CN)CCNCc1ccco1. The van der Waals surface area contributed by atoms with Crippen molar-refractivity contribution in [2.75, 3.05) is 13.1 Å². The van der Waals surface area contributed by atoms with Crippen LogP contribution in [0.2, 0.25) is 0 Å². The number of furan rings is 1. The minimum atomic E-state index is 0.601. The third kappa shape index (κ3) is 4.10. The Morgan fingerprint density at radius 3 is 3.08 bits per heavy atom. The topological polar surface area (TPSA) is 51.2 Å². The number of hydrogen-bond acceptors (Lipinski definition) is 3. The van der Waals surface area contributed by atoms with Crippen molar-refractivity contribution in [3.63, 3.8) is 0 Å². The van der Waals surface area contributed by atoms with Gasteiger partial charge in [-0.2, -0.15) is 0 Å². The molecule has 0 radical (unpaired) electrons. The average Bonchev–Trinajstić information content (AvgIpc) is 2.64. The third-order valence-corrected chi connectivity index (χ3v) is 2.10. The Kier molecular flexibility index (Phi) is 4.57. The molecule has 0 aliphatic rings. The zero-order chi connectivity index (χ0) is 9.52. The predicted molar refractivity (Wildman–Crippen MR) is 53.3 cm³/mol. The van der Waals surface area contributed by atoms with E-state index in [0.717, 1.165) is 31.8 Å². The third-order valence-electron chi connectivity index (χ3n) is 2.10. The van der Waals surface area contributed by atoms with E-state index in [4.69, 9.17) is 10.2 Å². The highest BCUT2D eigenvalue weighted by Crippen LogP contribution is 2.00. The zero-order valence-electron chi connectivity index (χ0n) is 8.12. The number of hydrogen-bond donors (Lipinski definition) is 2. The molecule has 13 heavy (non-hydrogen) atoms. The molecule has 0 aliphatic heterocycles. The lowest BCUT2D eigenvalue weighted by Crippen LogP contribution is -2.20. The zero-order valence-corrected chi connectivity index (χ0v) is 8.12. The Balaban J connectivity index is 2.02. The second-order valence-corrected chi connectivity index (χ2v) is 3.39. The van der Waals surface area contributed by atoms with Gasteiger partial charge in [0.15, 0.2) is 0 Å². The average molecular weight is 182 g/mol. The highest BCUT2D eigenvalue weighted by atomic mass is 16.3. The molecule has 0 aliphatic carbocycles. The Morgan fingerprint density at radius 1 is 1.62 bits per heavy atom. The van der Waals surface area contributed by atoms with Crippen molar-refractivity contribution >= 4 is 0 Å². The smallest absolute Gasteiger partial charge is 0.117 e. The van der Waals surface area contributed by atoms with E-state index < -0.39 is 0 Å². The van der Waals surface area contributed by atoms with Gasteiger partial charge >= 0.3 is 0 Å². The molecule has 0 saturated heterocycles. The molecule has 0 spiro atoms. The molecule has 0 aromatic carbocycles. The van der Waals surface area contributed by atoms with Crippen molar-refractivity contribution in [1.29, 1.82) is 0 Å². The normalized spacial score (nSPS) is 13.1. The Bertz CT molecular complexity index is 209. The van der Waals surface area contributed by atoms with Crippen LogP contribution in [0.3, 0.4) is 0 Å². The first-order chi connectivity index (χ1) is 6.33. The molecule has 0 saturated carbocycles. The summed E-state index contributed by atoms with van der Waals surface area (Å²) in [4.78, 5) is 0. The van der Waals surface area contributed by atoms with Crippen LogP contribution in [0.25, 0.3) is 0 Å². The largest absolute Gasteiger partial charge is 0.468 e. The van der Waals surface area contributed by atoms with Gasteiger partial charge in [-0.05, 0) is 37.6 Å². The molecule has 0 amide bonds. The van der Waals surface area contributed by atoms with Gasteiger partial charge in [0, 0.05) is 0 Å². The van der Waals surface area contributed by atoms with E-state index in [1.54, 1.807) is 6.26 Å². The Morgan fingerprint density at radius 2 is 2.46 bits per heavy atom. The molecule has 1 rings (SSSR count). The summed E-state index contributed by atoms with van der Waals surface area (Å²) in [6, 6.07) is 3.87. The lowest BCUT2D eigenvalue weighted by atomic mass is 10.1. The van der Waals surface area contributed by atoms with Crippen molar-refractivity contribution in [2.24, 2.45) is 11.7 Å². The molecular weight excluding hydrogens is 164 g/mol. The minimum absolute atomic E-state index is 0.601. The first-order valence-electron chi connectivity index (χ1n) is 4.76. The van der Waals surface area contributed by atoms with Gasteiger partial charge in [-0.3, -0.25) is 0 Å². The lowest BCUT2D eigenvalue weighted by molar-refractivity contribution is 0.460. The van der Waals surface area contributed by atoms with Crippen molar-refractivity contribution in [3.8, 4) is 0 Å². The van der Waals surface area contributed by atoms with Gasteiger partial charge in [0.2, 0.25) is 0 Å². The second kappa shape index (κ2) is 5.78. The van der Waals surface area contributed by atoms with Gasteiger partial charge in [0.05, 0.1) is 12.8 Å². The first-order valence-corrected chi connectivity index (χ1v) is 4.76. The van der Waals surface area contributed by atoms with E-state index in [-0.39, 0.29) is 0 Å². The summed E-state index contributed by atoms with van der Waals surface area (Å²) in [6.45, 7) is 4.74. The van der Waals surface area contributed by atoms with Gasteiger partial charge in [-0.25, -0.2) is 0 Å². The van der Waals surface area contributed by atoms with Crippen LogP contribution < -0.4 is 11.1 Å². The quantitative estimate of drug-likeness (QED) is 0.653. The van der Waals surface area contributed by atoms with Gasteiger partial charge in [0.25, 0.3) is 0 Å². The maximum absolute atomic E-state index is 5.50. The van der Waals surface area contributed by atoms with E-state index in [9.17, 15) is 0 Å². The Labute approximate surface area is 79.3 Å². The van der Waals surface area contributed by atoms with Crippen molar-refractivity contribution in [2.45, 2.75) is 19.9 Å². The van der Waals surface area contributed by atoms with E-state index in [1.165, 1.54) is 0 Å². The second-order valence-electron chi connectivity index (χ2n) is 3.39. The van der Waals surface area contributed by atoms with Crippen LogP contribution >= 0.6 is 0 Å². The molecule has 74 valence electrons. The van der Waals surface area contributed by atoms with Crippen LogP contribution in [0.4, 0.5) is 0 Å². The first kappa shape index (κ1) is 10.3. The van der Waals surface area contributed by atoms with Crippen LogP contribution in [0.15, 0.2) is 22.8 Å². The molecule has 3 nitrogen and oxygen atoms in total. The molecule has 1 heterocycles. The number of nitrogens with one attached hydrogen (secondary N) is 1. The van der Waals surface area contributed by atoms with E-state index >= 15 is 0 Å². The summed E-state index contributed by atoms with van der Waals surface area (Å²) in [7, 11) is 0. The van der Waals surface area contributed by atoms with Crippen LogP contribution in [0.1, 0.15) is 19.1 Å². The molecule has 1 atom stereocenters. The van der Waals surface area contributed by atoms with Crippen LogP contribution in [0.5, 0.6) is 0 Å². The number of nitrogens with two attached hydrogens (primary N) is 1. The molecule has 1 aromatic rings. The lowest BCUT2D eigenvalue weighted by Gasteiger charge is -2.07. The highest BCUT2D eigenvalue weighted by Gasteiger charge is 1.98. The van der Waals surface area contributed by atoms with E-state index in [2.05, 4.69) is 12.2 Å². The van der Waals surface area contributed by atoms with Gasteiger partial charge in [0.1, 0.15) is 5.76 Å². The van der Waals surface area contributed by atoms with Crippen LogP contribution in [-0.2, 0) is 6.54 Å². The summed E-state index contributed by atoms with van der Waals surface area (Å²) in [6.07, 6.45) is 2.82. The maximum atomic E-state index is 5.50. The van der Waals surface area contributed by atoms with Gasteiger partial charge in [-0.15, -0.1) is 0 Å². The summed E-state index contributed by atoms with van der Waals surface area (Å²) in [5, 5.41) is 3.30. The molecule has 3 heteroatoms. The molecule has 0 bridgehead atoms. The summed E-state index contributed by atoms with van der Waals surface area (Å²) in [5.74, 6) is 1.59. The molecule has 1 unspecified atom stereocenters. The fourth-order valence-corrected chi connectivity index (χ4v) is 1.09.